The van der Waals surface area contributed by atoms with E-state index in [1.165, 1.54) is 5.56 Å². The van der Waals surface area contributed by atoms with Gasteiger partial charge in [0.2, 0.25) is 0 Å². The molecule has 3 aliphatic heterocycles. The van der Waals surface area contributed by atoms with Crippen LogP contribution in [0.2, 0.25) is 0 Å². The van der Waals surface area contributed by atoms with Crippen LogP contribution in [0.15, 0.2) is 30.5 Å². The Morgan fingerprint density at radius 2 is 2.00 bits per heavy atom. The van der Waals surface area contributed by atoms with E-state index >= 15 is 0 Å². The summed E-state index contributed by atoms with van der Waals surface area (Å²) in [5.74, 6) is 1.17. The zero-order valence-corrected chi connectivity index (χ0v) is 17.1. The number of amides is 1. The summed E-state index contributed by atoms with van der Waals surface area (Å²) in [5.41, 5.74) is 8.17. The third-order valence-electron chi connectivity index (χ3n) is 6.56. The molecule has 3 saturated heterocycles. The van der Waals surface area contributed by atoms with Crippen molar-refractivity contribution in [3.05, 3.63) is 41.7 Å². The summed E-state index contributed by atoms with van der Waals surface area (Å²) in [5, 5.41) is 6.66. The highest BCUT2D eigenvalue weighted by Gasteiger charge is 2.44. The van der Waals surface area contributed by atoms with E-state index in [-0.39, 0.29) is 11.1 Å². The van der Waals surface area contributed by atoms with Crippen molar-refractivity contribution in [1.82, 2.24) is 15.3 Å². The number of hydrogen-bond donors (Lipinski definition) is 3. The maximum absolute atomic E-state index is 11.9. The van der Waals surface area contributed by atoms with Gasteiger partial charge in [0.05, 0.1) is 19.4 Å². The van der Waals surface area contributed by atoms with Crippen molar-refractivity contribution in [3.8, 4) is 0 Å². The maximum atomic E-state index is 11.9. The van der Waals surface area contributed by atoms with E-state index < -0.39 is 5.91 Å². The maximum Gasteiger partial charge on any atom is 0.271 e. The van der Waals surface area contributed by atoms with E-state index in [9.17, 15) is 4.79 Å². The zero-order valence-electron chi connectivity index (χ0n) is 17.1. The lowest BCUT2D eigenvalue weighted by Crippen LogP contribution is -2.44. The van der Waals surface area contributed by atoms with Crippen molar-refractivity contribution in [1.29, 1.82) is 0 Å². The molecule has 0 unspecified atom stereocenters. The molecule has 3 fully saturated rings. The van der Waals surface area contributed by atoms with Gasteiger partial charge in [0.15, 0.2) is 11.5 Å². The van der Waals surface area contributed by atoms with Gasteiger partial charge in [-0.25, -0.2) is 9.97 Å². The highest BCUT2D eigenvalue weighted by Crippen LogP contribution is 2.39. The molecule has 4 N–H and O–H groups in total. The molecule has 158 valence electrons. The summed E-state index contributed by atoms with van der Waals surface area (Å²) in [6, 6.07) is 8.38. The van der Waals surface area contributed by atoms with Crippen LogP contribution in [0.3, 0.4) is 0 Å². The summed E-state index contributed by atoms with van der Waals surface area (Å²) >= 11 is 0. The Balaban J connectivity index is 1.35. The second-order valence-electron chi connectivity index (χ2n) is 8.73. The van der Waals surface area contributed by atoms with E-state index in [2.05, 4.69) is 32.7 Å². The van der Waals surface area contributed by atoms with Crippen LogP contribution in [0.1, 0.15) is 41.2 Å². The van der Waals surface area contributed by atoms with Crippen LogP contribution >= 0.6 is 0 Å². The second-order valence-corrected chi connectivity index (χ2v) is 8.73. The number of nitrogens with zero attached hydrogens (tertiary/aromatic N) is 3. The van der Waals surface area contributed by atoms with Crippen LogP contribution in [-0.4, -0.2) is 55.3 Å². The summed E-state index contributed by atoms with van der Waals surface area (Å²) in [7, 11) is 0. The van der Waals surface area contributed by atoms with Gasteiger partial charge in [-0.1, -0.05) is 12.1 Å². The van der Waals surface area contributed by atoms with Gasteiger partial charge in [-0.3, -0.25) is 4.79 Å². The Bertz CT molecular complexity index is 922. The van der Waals surface area contributed by atoms with Crippen molar-refractivity contribution in [2.75, 3.05) is 49.6 Å². The van der Waals surface area contributed by atoms with Gasteiger partial charge >= 0.3 is 0 Å². The fourth-order valence-corrected chi connectivity index (χ4v) is 4.69. The Morgan fingerprint density at radius 3 is 2.63 bits per heavy atom. The number of carbonyl (C=O) groups is 1. The average Bonchev–Trinajstić information content (AvgIpc) is 3.21. The predicted octanol–water partition coefficient (Wildman–Crippen LogP) is 2.01. The first kappa shape index (κ1) is 19.3. The van der Waals surface area contributed by atoms with Crippen molar-refractivity contribution in [2.45, 2.75) is 25.2 Å². The standard InChI is InChI=1S/C22H28N6O2/c23-20(29)19-21(26-17-3-1-15(2-4-17)16-5-8-24-9-6-16)27-18(11-25-19)28-10-7-22(12-28)13-30-14-22/h1-4,11,16,24H,5-10,12-14H2,(H2,23,29)(H,26,27). The van der Waals surface area contributed by atoms with Gasteiger partial charge in [0.1, 0.15) is 5.82 Å². The fourth-order valence-electron chi connectivity index (χ4n) is 4.69. The zero-order chi connectivity index (χ0) is 20.6. The number of carbonyl (C=O) groups excluding carboxylic acids is 1. The molecule has 1 amide bonds. The van der Waals surface area contributed by atoms with E-state index in [0.29, 0.717) is 11.7 Å². The number of ether oxygens (including phenoxy) is 1. The minimum Gasteiger partial charge on any atom is -0.380 e. The molecular weight excluding hydrogens is 380 g/mol. The predicted molar refractivity (Wildman–Crippen MR) is 115 cm³/mol. The lowest BCUT2D eigenvalue weighted by molar-refractivity contribution is -0.0985. The molecule has 0 radical (unpaired) electrons. The molecule has 3 aliphatic rings. The van der Waals surface area contributed by atoms with Crippen LogP contribution < -0.4 is 21.3 Å². The summed E-state index contributed by atoms with van der Waals surface area (Å²) in [6.45, 7) is 5.58. The third kappa shape index (κ3) is 3.73. The largest absolute Gasteiger partial charge is 0.380 e. The van der Waals surface area contributed by atoms with Crippen molar-refractivity contribution >= 4 is 23.2 Å². The quantitative estimate of drug-likeness (QED) is 0.695. The van der Waals surface area contributed by atoms with Crippen LogP contribution in [-0.2, 0) is 4.74 Å². The average molecular weight is 409 g/mol. The lowest BCUT2D eigenvalue weighted by Gasteiger charge is -2.37. The van der Waals surface area contributed by atoms with Gasteiger partial charge in [-0.05, 0) is 56.0 Å². The van der Waals surface area contributed by atoms with Crippen molar-refractivity contribution in [3.63, 3.8) is 0 Å². The molecule has 30 heavy (non-hydrogen) atoms. The monoisotopic (exact) mass is 408 g/mol. The van der Waals surface area contributed by atoms with Gasteiger partial charge in [0, 0.05) is 24.2 Å². The van der Waals surface area contributed by atoms with E-state index in [1.807, 2.05) is 12.1 Å². The minimum absolute atomic E-state index is 0.155. The van der Waals surface area contributed by atoms with Gasteiger partial charge in [-0.2, -0.15) is 0 Å². The smallest absolute Gasteiger partial charge is 0.271 e. The normalized spacial score (nSPS) is 20.9. The van der Waals surface area contributed by atoms with Crippen molar-refractivity contribution in [2.24, 2.45) is 11.1 Å². The number of nitrogens with one attached hydrogen (secondary N) is 2. The molecule has 8 heteroatoms. The summed E-state index contributed by atoms with van der Waals surface area (Å²) in [6.07, 6.45) is 5.06. The molecule has 1 aromatic carbocycles. The number of nitrogens with two attached hydrogens (primary N) is 1. The lowest BCUT2D eigenvalue weighted by atomic mass is 9.85. The molecule has 0 saturated carbocycles. The van der Waals surface area contributed by atoms with Crippen LogP contribution in [0, 0.1) is 5.41 Å². The third-order valence-corrected chi connectivity index (χ3v) is 6.56. The molecular formula is C22H28N6O2. The van der Waals surface area contributed by atoms with Gasteiger partial charge in [-0.15, -0.1) is 0 Å². The highest BCUT2D eigenvalue weighted by atomic mass is 16.5. The Labute approximate surface area is 176 Å². The molecule has 5 rings (SSSR count). The Kier molecular flexibility index (Phi) is 5.04. The number of anilines is 3. The molecule has 4 heterocycles. The number of aromatic nitrogens is 2. The van der Waals surface area contributed by atoms with E-state index in [1.54, 1.807) is 6.20 Å². The fraction of sp³-hybridized carbons (Fsp3) is 0.500. The van der Waals surface area contributed by atoms with Crippen LogP contribution in [0.4, 0.5) is 17.3 Å². The minimum atomic E-state index is -0.590. The summed E-state index contributed by atoms with van der Waals surface area (Å²) in [4.78, 5) is 23.2. The van der Waals surface area contributed by atoms with Gasteiger partial charge < -0.3 is 26.0 Å². The molecule has 1 aromatic heterocycles. The number of primary amides is 1. The first-order chi connectivity index (χ1) is 14.6. The number of hydrogen-bond acceptors (Lipinski definition) is 7. The van der Waals surface area contributed by atoms with E-state index in [4.69, 9.17) is 15.5 Å². The van der Waals surface area contributed by atoms with Crippen LogP contribution in [0.5, 0.6) is 0 Å². The number of rotatable bonds is 5. The van der Waals surface area contributed by atoms with Gasteiger partial charge in [0.25, 0.3) is 5.91 Å². The molecule has 1 spiro atoms. The van der Waals surface area contributed by atoms with Crippen molar-refractivity contribution < 1.29 is 9.53 Å². The first-order valence-corrected chi connectivity index (χ1v) is 10.7. The molecule has 8 nitrogen and oxygen atoms in total. The number of piperidine rings is 1. The topological polar surface area (TPSA) is 105 Å². The molecule has 2 aromatic rings. The number of benzene rings is 1. The summed E-state index contributed by atoms with van der Waals surface area (Å²) < 4.78 is 5.41. The molecule has 0 bridgehead atoms. The Hall–Kier alpha value is -2.71. The molecule has 0 aliphatic carbocycles. The van der Waals surface area contributed by atoms with E-state index in [0.717, 1.165) is 70.2 Å². The molecule has 0 atom stereocenters. The van der Waals surface area contributed by atoms with Crippen LogP contribution in [0.25, 0.3) is 0 Å². The SMILES string of the molecule is NC(=O)c1ncc(N2CCC3(COC3)C2)nc1Nc1ccc(C2CCNCC2)cc1. The second kappa shape index (κ2) is 7.85. The Morgan fingerprint density at radius 1 is 1.23 bits per heavy atom. The highest BCUT2D eigenvalue weighted by molar-refractivity contribution is 5.96. The first-order valence-electron chi connectivity index (χ1n) is 10.7.